The van der Waals surface area contributed by atoms with Gasteiger partial charge in [-0.05, 0) is 67.4 Å². The third-order valence-electron chi connectivity index (χ3n) is 5.14. The maximum atomic E-state index is 12.7. The second-order valence-corrected chi connectivity index (χ2v) is 9.19. The van der Waals surface area contributed by atoms with Crippen LogP contribution in [0.2, 0.25) is 5.02 Å². The van der Waals surface area contributed by atoms with E-state index in [4.69, 9.17) is 11.6 Å². The van der Waals surface area contributed by atoms with Crippen LogP contribution in [0.5, 0.6) is 0 Å². The molecule has 1 unspecified atom stereocenters. The molecule has 160 valence electrons. The molecule has 1 saturated heterocycles. The van der Waals surface area contributed by atoms with E-state index in [1.807, 2.05) is 22.5 Å². The Morgan fingerprint density at radius 2 is 1.84 bits per heavy atom. The normalized spacial score (nSPS) is 16.1. The number of anilines is 1. The average Bonchev–Trinajstić information content (AvgIpc) is 2.81. The van der Waals surface area contributed by atoms with Crippen LogP contribution in [0.3, 0.4) is 0 Å². The average molecular weight is 456 g/mol. The molecule has 3 aromatic rings. The standard InChI is InChI=1S/C23H22ClN3O3S/c24-21-9-6-17(15-20(21)22-3-1-2-12-25-22)26-23(29)16-4-7-19(8-5-16)31(30)27-13-10-18(28)11-14-27/h1-9,12,15,18,28H,10-11,13-14H2,(H,26,29). The number of carbonyl (C=O) groups excluding carboxylic acids is 1. The van der Waals surface area contributed by atoms with Crippen LogP contribution in [-0.4, -0.2) is 43.7 Å². The van der Waals surface area contributed by atoms with Crippen molar-refractivity contribution >= 4 is 34.2 Å². The van der Waals surface area contributed by atoms with Crippen LogP contribution in [0.4, 0.5) is 5.69 Å². The number of amides is 1. The topological polar surface area (TPSA) is 82.5 Å². The highest BCUT2D eigenvalue weighted by Gasteiger charge is 2.22. The SMILES string of the molecule is O=C(Nc1ccc(Cl)c(-c2ccccn2)c1)c1ccc(S(=O)N2CCC(O)CC2)cc1. The molecule has 4 rings (SSSR count). The first kappa shape index (κ1) is 21.6. The van der Waals surface area contributed by atoms with Crippen molar-refractivity contribution in [1.29, 1.82) is 0 Å². The minimum atomic E-state index is -1.30. The highest BCUT2D eigenvalue weighted by atomic mass is 35.5. The molecule has 2 aromatic carbocycles. The number of hydrogen-bond acceptors (Lipinski definition) is 4. The Bertz CT molecular complexity index is 1080. The van der Waals surface area contributed by atoms with E-state index in [0.717, 1.165) is 11.3 Å². The Kier molecular flexibility index (Phi) is 6.77. The van der Waals surface area contributed by atoms with Crippen molar-refractivity contribution in [2.24, 2.45) is 0 Å². The summed E-state index contributed by atoms with van der Waals surface area (Å²) in [7, 11) is -1.30. The van der Waals surface area contributed by atoms with E-state index in [0.29, 0.717) is 47.1 Å². The number of aromatic nitrogens is 1. The number of aliphatic hydroxyl groups is 1. The number of pyridine rings is 1. The number of aliphatic hydroxyl groups excluding tert-OH is 1. The van der Waals surface area contributed by atoms with Gasteiger partial charge in [-0.1, -0.05) is 17.7 Å². The molecule has 0 bridgehead atoms. The van der Waals surface area contributed by atoms with Crippen molar-refractivity contribution in [3.8, 4) is 11.3 Å². The molecule has 0 radical (unpaired) electrons. The summed E-state index contributed by atoms with van der Waals surface area (Å²) in [4.78, 5) is 17.6. The van der Waals surface area contributed by atoms with E-state index in [2.05, 4.69) is 10.3 Å². The fraction of sp³-hybridized carbons (Fsp3) is 0.217. The molecule has 0 spiro atoms. The van der Waals surface area contributed by atoms with Crippen molar-refractivity contribution in [2.75, 3.05) is 18.4 Å². The molecule has 2 heterocycles. The molecule has 1 aromatic heterocycles. The highest BCUT2D eigenvalue weighted by molar-refractivity contribution is 7.82. The molecule has 8 heteroatoms. The van der Waals surface area contributed by atoms with Gasteiger partial charge < -0.3 is 10.4 Å². The fourth-order valence-corrected chi connectivity index (χ4v) is 4.83. The zero-order chi connectivity index (χ0) is 21.8. The van der Waals surface area contributed by atoms with Crippen LogP contribution in [0.1, 0.15) is 23.2 Å². The lowest BCUT2D eigenvalue weighted by molar-refractivity contribution is 0.102. The summed E-state index contributed by atoms with van der Waals surface area (Å²) in [5.74, 6) is -0.271. The molecule has 31 heavy (non-hydrogen) atoms. The molecule has 6 nitrogen and oxygen atoms in total. The lowest BCUT2D eigenvalue weighted by atomic mass is 10.1. The van der Waals surface area contributed by atoms with Crippen LogP contribution >= 0.6 is 11.6 Å². The Balaban J connectivity index is 1.45. The first-order chi connectivity index (χ1) is 15.0. The lowest BCUT2D eigenvalue weighted by Gasteiger charge is -2.28. The number of hydrogen-bond donors (Lipinski definition) is 2. The summed E-state index contributed by atoms with van der Waals surface area (Å²) in [6.45, 7) is 1.18. The molecule has 1 aliphatic heterocycles. The molecule has 0 aliphatic carbocycles. The second-order valence-electron chi connectivity index (χ2n) is 7.30. The van der Waals surface area contributed by atoms with Crippen LogP contribution in [0, 0.1) is 0 Å². The van der Waals surface area contributed by atoms with Gasteiger partial charge in [0, 0.05) is 36.1 Å². The van der Waals surface area contributed by atoms with Crippen LogP contribution < -0.4 is 5.32 Å². The Morgan fingerprint density at radius 1 is 1.10 bits per heavy atom. The molecular formula is C23H22ClN3O3S. The van der Waals surface area contributed by atoms with Crippen LogP contribution in [-0.2, 0) is 11.0 Å². The summed E-state index contributed by atoms with van der Waals surface area (Å²) >= 11 is 6.30. The quantitative estimate of drug-likeness (QED) is 0.606. The minimum Gasteiger partial charge on any atom is -0.393 e. The fourth-order valence-electron chi connectivity index (χ4n) is 3.40. The number of benzene rings is 2. The summed E-state index contributed by atoms with van der Waals surface area (Å²) < 4.78 is 14.6. The van der Waals surface area contributed by atoms with Gasteiger partial charge in [-0.2, -0.15) is 0 Å². The molecule has 0 saturated carbocycles. The number of nitrogens with one attached hydrogen (secondary N) is 1. The lowest BCUT2D eigenvalue weighted by Crippen LogP contribution is -2.37. The third kappa shape index (κ3) is 5.19. The molecule has 1 amide bonds. The van der Waals surface area contributed by atoms with Gasteiger partial charge in [0.1, 0.15) is 11.0 Å². The van der Waals surface area contributed by atoms with Crippen molar-refractivity contribution in [2.45, 2.75) is 23.8 Å². The van der Waals surface area contributed by atoms with E-state index in [1.165, 1.54) is 0 Å². The van der Waals surface area contributed by atoms with Gasteiger partial charge in [0.05, 0.1) is 21.7 Å². The van der Waals surface area contributed by atoms with Gasteiger partial charge >= 0.3 is 0 Å². The smallest absolute Gasteiger partial charge is 0.255 e. The number of nitrogens with zero attached hydrogens (tertiary/aromatic N) is 2. The van der Waals surface area contributed by atoms with E-state index in [-0.39, 0.29) is 12.0 Å². The Hall–Kier alpha value is -2.58. The second kappa shape index (κ2) is 9.70. The van der Waals surface area contributed by atoms with Gasteiger partial charge in [-0.15, -0.1) is 0 Å². The van der Waals surface area contributed by atoms with Gasteiger partial charge in [0.2, 0.25) is 0 Å². The number of carbonyl (C=O) groups is 1. The first-order valence-corrected chi connectivity index (χ1v) is 11.5. The van der Waals surface area contributed by atoms with E-state index >= 15 is 0 Å². The van der Waals surface area contributed by atoms with Gasteiger partial charge in [0.25, 0.3) is 5.91 Å². The highest BCUT2D eigenvalue weighted by Crippen LogP contribution is 2.29. The zero-order valence-electron chi connectivity index (χ0n) is 16.7. The van der Waals surface area contributed by atoms with E-state index < -0.39 is 11.0 Å². The molecule has 1 aliphatic rings. The summed E-state index contributed by atoms with van der Waals surface area (Å²) in [5, 5.41) is 13.0. The largest absolute Gasteiger partial charge is 0.393 e. The molecule has 1 atom stereocenters. The summed E-state index contributed by atoms with van der Waals surface area (Å²) in [5.41, 5.74) is 2.52. The Morgan fingerprint density at radius 3 is 2.52 bits per heavy atom. The Labute approximate surface area is 188 Å². The van der Waals surface area contributed by atoms with Crippen molar-refractivity contribution in [3.63, 3.8) is 0 Å². The molecule has 2 N–H and O–H groups in total. The first-order valence-electron chi connectivity index (χ1n) is 9.98. The third-order valence-corrected chi connectivity index (χ3v) is 6.98. The van der Waals surface area contributed by atoms with Crippen molar-refractivity contribution in [1.82, 2.24) is 9.29 Å². The molecule has 1 fully saturated rings. The number of halogens is 1. The zero-order valence-corrected chi connectivity index (χ0v) is 18.3. The summed E-state index contributed by atoms with van der Waals surface area (Å²) in [6.07, 6.45) is 2.61. The minimum absolute atomic E-state index is 0.271. The monoisotopic (exact) mass is 455 g/mol. The van der Waals surface area contributed by atoms with Crippen LogP contribution in [0.25, 0.3) is 11.3 Å². The predicted molar refractivity (Wildman–Crippen MR) is 122 cm³/mol. The van der Waals surface area contributed by atoms with Crippen molar-refractivity contribution < 1.29 is 14.1 Å². The maximum absolute atomic E-state index is 12.7. The van der Waals surface area contributed by atoms with Gasteiger partial charge in [-0.25, -0.2) is 8.51 Å². The van der Waals surface area contributed by atoms with Gasteiger partial charge in [0.15, 0.2) is 0 Å². The predicted octanol–water partition coefficient (Wildman–Crippen LogP) is 4.13. The van der Waals surface area contributed by atoms with E-state index in [1.54, 1.807) is 48.7 Å². The van der Waals surface area contributed by atoms with Gasteiger partial charge in [-0.3, -0.25) is 9.78 Å². The molecular weight excluding hydrogens is 434 g/mol. The van der Waals surface area contributed by atoms with Crippen molar-refractivity contribution in [3.05, 3.63) is 77.4 Å². The maximum Gasteiger partial charge on any atom is 0.255 e. The summed E-state index contributed by atoms with van der Waals surface area (Å²) in [6, 6.07) is 17.5. The number of piperidine rings is 1. The van der Waals surface area contributed by atoms with Crippen LogP contribution in [0.15, 0.2) is 71.8 Å². The number of rotatable bonds is 5. The van der Waals surface area contributed by atoms with E-state index in [9.17, 15) is 14.1 Å².